The van der Waals surface area contributed by atoms with Crippen LogP contribution >= 0.6 is 0 Å². The van der Waals surface area contributed by atoms with Crippen LogP contribution in [0.25, 0.3) is 0 Å². The van der Waals surface area contributed by atoms with Gasteiger partial charge in [-0.3, -0.25) is 9.59 Å². The molecule has 0 unspecified atom stereocenters. The molecule has 1 aromatic rings. The number of amides is 1. The number of esters is 1. The zero-order valence-electron chi connectivity index (χ0n) is 11.4. The maximum atomic E-state index is 12.0. The van der Waals surface area contributed by atoms with E-state index < -0.39 is 23.9 Å². The summed E-state index contributed by atoms with van der Waals surface area (Å²) in [7, 11) is 1.23. The predicted octanol–water partition coefficient (Wildman–Crippen LogP) is 1.13. The number of ether oxygens (including phenoxy) is 1. The molecule has 0 aliphatic carbocycles. The molecule has 0 saturated heterocycles. The van der Waals surface area contributed by atoms with Crippen LogP contribution in [-0.2, 0) is 14.3 Å². The lowest BCUT2D eigenvalue weighted by Gasteiger charge is -2.14. The topological polar surface area (TPSA) is 92.7 Å². The van der Waals surface area contributed by atoms with Crippen LogP contribution in [0.5, 0.6) is 0 Å². The lowest BCUT2D eigenvalue weighted by Crippen LogP contribution is -2.41. The summed E-state index contributed by atoms with van der Waals surface area (Å²) in [6, 6.07) is 5.74. The molecule has 0 radical (unpaired) electrons. The number of nitrogens with one attached hydrogen (secondary N) is 1. The fourth-order valence-electron chi connectivity index (χ4n) is 1.69. The lowest BCUT2D eigenvalue weighted by atomic mass is 10.1. The number of rotatable bonds is 6. The first-order valence-corrected chi connectivity index (χ1v) is 6.11. The fourth-order valence-corrected chi connectivity index (χ4v) is 1.69. The molecule has 2 N–H and O–H groups in total. The van der Waals surface area contributed by atoms with Crippen molar-refractivity contribution >= 4 is 17.8 Å². The van der Waals surface area contributed by atoms with Gasteiger partial charge in [-0.25, -0.2) is 4.79 Å². The van der Waals surface area contributed by atoms with Gasteiger partial charge >= 0.3 is 11.9 Å². The molecule has 20 heavy (non-hydrogen) atoms. The van der Waals surface area contributed by atoms with E-state index in [2.05, 4.69) is 10.1 Å². The van der Waals surface area contributed by atoms with Gasteiger partial charge in [-0.1, -0.05) is 18.2 Å². The first-order chi connectivity index (χ1) is 9.45. The lowest BCUT2D eigenvalue weighted by molar-refractivity contribution is -0.142. The maximum Gasteiger partial charge on any atom is 0.326 e. The first-order valence-electron chi connectivity index (χ1n) is 6.11. The molecule has 108 valence electrons. The number of carbonyl (C=O) groups is 3. The number of aliphatic carboxylic acids is 1. The molecule has 0 spiro atoms. The highest BCUT2D eigenvalue weighted by atomic mass is 16.5. The molecule has 0 bridgehead atoms. The quantitative estimate of drug-likeness (QED) is 0.761. The molecule has 0 aliphatic rings. The molecule has 0 fully saturated rings. The van der Waals surface area contributed by atoms with Crippen molar-refractivity contribution in [2.75, 3.05) is 7.11 Å². The van der Waals surface area contributed by atoms with E-state index >= 15 is 0 Å². The van der Waals surface area contributed by atoms with Gasteiger partial charge in [-0.2, -0.15) is 0 Å². The van der Waals surface area contributed by atoms with E-state index in [9.17, 15) is 14.4 Å². The van der Waals surface area contributed by atoms with Gasteiger partial charge in [-0.15, -0.1) is 0 Å². The third kappa shape index (κ3) is 4.38. The van der Waals surface area contributed by atoms with Crippen LogP contribution in [0.1, 0.15) is 28.8 Å². The summed E-state index contributed by atoms with van der Waals surface area (Å²) in [6.45, 7) is 1.76. The van der Waals surface area contributed by atoms with Crippen molar-refractivity contribution in [3.8, 4) is 0 Å². The van der Waals surface area contributed by atoms with Gasteiger partial charge in [0.15, 0.2) is 0 Å². The summed E-state index contributed by atoms with van der Waals surface area (Å²) in [5.74, 6) is -2.17. The Morgan fingerprint density at radius 3 is 2.50 bits per heavy atom. The number of carboxylic acid groups (broad SMARTS) is 1. The van der Waals surface area contributed by atoms with E-state index in [1.165, 1.54) is 7.11 Å². The van der Waals surface area contributed by atoms with E-state index in [1.54, 1.807) is 31.2 Å². The van der Waals surface area contributed by atoms with E-state index in [0.29, 0.717) is 5.56 Å². The van der Waals surface area contributed by atoms with Crippen LogP contribution < -0.4 is 5.32 Å². The standard InChI is InChI=1S/C14H17NO5/c1-9-5-3-4-6-10(9)13(17)15-11(14(18)19)7-8-12(16)20-2/h3-6,11H,7-8H2,1-2H3,(H,15,17)(H,18,19)/t11-/m1/s1. The summed E-state index contributed by atoms with van der Waals surface area (Å²) in [4.78, 5) is 34.1. The Bertz CT molecular complexity index is 512. The van der Waals surface area contributed by atoms with Crippen LogP contribution in [0.15, 0.2) is 24.3 Å². The van der Waals surface area contributed by atoms with Gasteiger partial charge in [0.2, 0.25) is 0 Å². The second-order valence-electron chi connectivity index (χ2n) is 4.29. The second kappa shape index (κ2) is 7.28. The van der Waals surface area contributed by atoms with Crippen molar-refractivity contribution < 1.29 is 24.2 Å². The van der Waals surface area contributed by atoms with Crippen molar-refractivity contribution in [2.24, 2.45) is 0 Å². The summed E-state index contributed by atoms with van der Waals surface area (Å²) in [5, 5.41) is 11.5. The highest BCUT2D eigenvalue weighted by molar-refractivity contribution is 5.97. The zero-order chi connectivity index (χ0) is 15.1. The van der Waals surface area contributed by atoms with Crippen LogP contribution in [0.4, 0.5) is 0 Å². The molecule has 0 aliphatic heterocycles. The minimum absolute atomic E-state index is 0.0143. The predicted molar refractivity (Wildman–Crippen MR) is 71.3 cm³/mol. The summed E-state index contributed by atoms with van der Waals surface area (Å²) < 4.78 is 4.44. The third-order valence-corrected chi connectivity index (χ3v) is 2.86. The summed E-state index contributed by atoms with van der Waals surface area (Å²) in [5.41, 5.74) is 1.17. The van der Waals surface area contributed by atoms with Gasteiger partial charge in [-0.05, 0) is 25.0 Å². The van der Waals surface area contributed by atoms with Crippen molar-refractivity contribution in [1.82, 2.24) is 5.32 Å². The van der Waals surface area contributed by atoms with Crippen LogP contribution in [-0.4, -0.2) is 36.1 Å². The molecule has 1 amide bonds. The molecule has 1 aromatic carbocycles. The van der Waals surface area contributed by atoms with Crippen molar-refractivity contribution in [3.05, 3.63) is 35.4 Å². The minimum Gasteiger partial charge on any atom is -0.480 e. The number of methoxy groups -OCH3 is 1. The van der Waals surface area contributed by atoms with Gasteiger partial charge in [0.1, 0.15) is 6.04 Å². The molecule has 6 nitrogen and oxygen atoms in total. The molecular weight excluding hydrogens is 262 g/mol. The average Bonchev–Trinajstić information content (AvgIpc) is 2.42. The molecule has 6 heteroatoms. The Morgan fingerprint density at radius 1 is 1.30 bits per heavy atom. The molecule has 1 rings (SSSR count). The average molecular weight is 279 g/mol. The largest absolute Gasteiger partial charge is 0.480 e. The maximum absolute atomic E-state index is 12.0. The van der Waals surface area contributed by atoms with Crippen molar-refractivity contribution in [1.29, 1.82) is 0 Å². The van der Waals surface area contributed by atoms with Crippen molar-refractivity contribution in [2.45, 2.75) is 25.8 Å². The SMILES string of the molecule is COC(=O)CC[C@@H](NC(=O)c1ccccc1C)C(=O)O. The fraction of sp³-hybridized carbons (Fsp3) is 0.357. The highest BCUT2D eigenvalue weighted by Gasteiger charge is 2.22. The molecule has 1 atom stereocenters. The Kier molecular flexibility index (Phi) is 5.71. The number of aryl methyl sites for hydroxylation is 1. The van der Waals surface area contributed by atoms with Crippen LogP contribution in [0, 0.1) is 6.92 Å². The van der Waals surface area contributed by atoms with Gasteiger partial charge < -0.3 is 15.2 Å². The Labute approximate surface area is 116 Å². The number of benzene rings is 1. The zero-order valence-corrected chi connectivity index (χ0v) is 11.4. The smallest absolute Gasteiger partial charge is 0.326 e. The number of carboxylic acids is 1. The Balaban J connectivity index is 2.71. The molecule has 0 saturated carbocycles. The highest BCUT2D eigenvalue weighted by Crippen LogP contribution is 2.08. The van der Waals surface area contributed by atoms with E-state index in [0.717, 1.165) is 5.56 Å². The Morgan fingerprint density at radius 2 is 1.95 bits per heavy atom. The first kappa shape index (κ1) is 15.7. The van der Waals surface area contributed by atoms with Gasteiger partial charge in [0.25, 0.3) is 5.91 Å². The third-order valence-electron chi connectivity index (χ3n) is 2.86. The molecule has 0 aromatic heterocycles. The second-order valence-corrected chi connectivity index (χ2v) is 4.29. The molecular formula is C14H17NO5. The minimum atomic E-state index is -1.18. The number of hydrogen-bond acceptors (Lipinski definition) is 4. The summed E-state index contributed by atoms with van der Waals surface area (Å²) >= 11 is 0. The molecule has 0 heterocycles. The van der Waals surface area contributed by atoms with E-state index in [1.807, 2.05) is 0 Å². The monoisotopic (exact) mass is 279 g/mol. The van der Waals surface area contributed by atoms with E-state index in [4.69, 9.17) is 5.11 Å². The number of carbonyl (C=O) groups excluding carboxylic acids is 2. The van der Waals surface area contributed by atoms with E-state index in [-0.39, 0.29) is 12.8 Å². The van der Waals surface area contributed by atoms with Crippen LogP contribution in [0.3, 0.4) is 0 Å². The number of hydrogen-bond donors (Lipinski definition) is 2. The van der Waals surface area contributed by atoms with Crippen LogP contribution in [0.2, 0.25) is 0 Å². The van der Waals surface area contributed by atoms with Crippen molar-refractivity contribution in [3.63, 3.8) is 0 Å². The van der Waals surface area contributed by atoms with Gasteiger partial charge in [0.05, 0.1) is 7.11 Å². The Hall–Kier alpha value is -2.37. The summed E-state index contributed by atoms with van der Waals surface area (Å²) in [6.07, 6.45) is -0.0822. The normalized spacial score (nSPS) is 11.5. The van der Waals surface area contributed by atoms with Gasteiger partial charge in [0, 0.05) is 12.0 Å².